The first-order valence-electron chi connectivity index (χ1n) is 12.9. The van der Waals surface area contributed by atoms with E-state index in [0.717, 1.165) is 23.0 Å². The Hall–Kier alpha value is -3.08. The quantitative estimate of drug-likeness (QED) is 0.0524. The third-order valence-electron chi connectivity index (χ3n) is 6.54. The molecule has 47 heavy (non-hydrogen) atoms. The zero-order valence-electron chi connectivity index (χ0n) is 23.5. The van der Waals surface area contributed by atoms with Crippen molar-refractivity contribution in [3.8, 4) is 0 Å². The van der Waals surface area contributed by atoms with Gasteiger partial charge >= 0.3 is 34.8 Å². The van der Waals surface area contributed by atoms with E-state index in [-0.39, 0.29) is 12.0 Å². The Kier molecular flexibility index (Phi) is 11.1. The Labute approximate surface area is 259 Å². The molecule has 28 heteroatoms. The van der Waals surface area contributed by atoms with Crippen LogP contribution in [0.2, 0.25) is 0 Å². The average Bonchev–Trinajstić information content (AvgIpc) is 3.47. The van der Waals surface area contributed by atoms with Crippen LogP contribution in [0.3, 0.4) is 0 Å². The predicted molar refractivity (Wildman–Crippen MR) is 148 cm³/mol. The highest BCUT2D eigenvalue weighted by Crippen LogP contribution is 2.67. The summed E-state index contributed by atoms with van der Waals surface area (Å²) in [5.74, 6) is 0. The molecule has 2 aliphatic rings. The second kappa shape index (κ2) is 14.2. The van der Waals surface area contributed by atoms with Gasteiger partial charge in [-0.15, -0.1) is 0 Å². The zero-order valence-corrected chi connectivity index (χ0v) is 26.2. The van der Waals surface area contributed by atoms with Gasteiger partial charge in [-0.1, -0.05) is 5.11 Å². The number of phosphoric acid groups is 3. The second-order valence-electron chi connectivity index (χ2n) is 9.84. The van der Waals surface area contributed by atoms with Gasteiger partial charge in [-0.05, 0) is 12.5 Å². The first-order chi connectivity index (χ1) is 21.8. The molecule has 2 fully saturated rings. The van der Waals surface area contributed by atoms with E-state index in [2.05, 4.69) is 27.7 Å². The van der Waals surface area contributed by atoms with E-state index in [0.29, 0.717) is 4.57 Å². The summed E-state index contributed by atoms with van der Waals surface area (Å²) >= 11 is 0. The van der Waals surface area contributed by atoms with Gasteiger partial charge in [-0.2, -0.15) is 8.62 Å². The third kappa shape index (κ3) is 9.09. The lowest BCUT2D eigenvalue weighted by Gasteiger charge is -2.21. The van der Waals surface area contributed by atoms with Crippen LogP contribution in [0.1, 0.15) is 24.4 Å². The van der Waals surface area contributed by atoms with E-state index in [1.807, 2.05) is 9.97 Å². The maximum Gasteiger partial charge on any atom is 0.490 e. The minimum Gasteiger partial charge on any atom is -0.387 e. The predicted octanol–water partition coefficient (Wildman–Crippen LogP) is -1.65. The monoisotopic (exact) mass is 733 g/mol. The number of aromatic nitrogens is 4. The molecule has 0 radical (unpaired) electrons. The molecular formula is C19H26N7O18P3. The van der Waals surface area contributed by atoms with Crippen molar-refractivity contribution in [3.63, 3.8) is 0 Å². The Morgan fingerprint density at radius 2 is 1.53 bits per heavy atom. The number of rotatable bonds is 13. The standard InChI is InChI=1S/C19H26N7O18P3/c1-8-5-26(19(32)22-16(8)30)13-4-9(23-24-20)10(41-13)6-39-45(33,34)43-47(37,38)44-46(35,36)40-7-11-14(28)15(29)17(42-11)25-3-2-12(27)21-18(25)31/h2-3,5,9-11,13-15,17,28-29H,4,6-7H2,1H3,(H,33,34)(H,35,36)(H,37,38)(H,21,27,31)(H,22,30,32)/t9-,10+,11+,13-,14+,15+,17+/m0/s1. The maximum atomic E-state index is 12.4. The average molecular weight is 733 g/mol. The Bertz CT molecular complexity index is 1920. The summed E-state index contributed by atoms with van der Waals surface area (Å²) in [4.78, 5) is 83.3. The van der Waals surface area contributed by atoms with Crippen LogP contribution in [0.15, 0.2) is 42.8 Å². The number of nitrogens with one attached hydrogen (secondary N) is 2. The molecule has 0 aliphatic carbocycles. The summed E-state index contributed by atoms with van der Waals surface area (Å²) in [7, 11) is -17.3. The zero-order chi connectivity index (χ0) is 34.9. The lowest BCUT2D eigenvalue weighted by Crippen LogP contribution is -2.37. The highest BCUT2D eigenvalue weighted by atomic mass is 31.3. The third-order valence-corrected chi connectivity index (χ3v) is 10.8. The van der Waals surface area contributed by atoms with E-state index in [9.17, 15) is 57.8 Å². The van der Waals surface area contributed by atoms with Gasteiger partial charge in [-0.25, -0.2) is 23.3 Å². The van der Waals surface area contributed by atoms with Gasteiger partial charge in [0, 0.05) is 35.4 Å². The number of aromatic amines is 2. The number of aliphatic hydroxyl groups is 2. The summed E-state index contributed by atoms with van der Waals surface area (Å²) in [6.45, 7) is -0.685. The van der Waals surface area contributed by atoms with Crippen LogP contribution >= 0.6 is 23.5 Å². The summed E-state index contributed by atoms with van der Waals surface area (Å²) in [6.07, 6.45) is -7.53. The van der Waals surface area contributed by atoms with E-state index in [1.165, 1.54) is 6.92 Å². The number of phosphoric ester groups is 2. The Morgan fingerprint density at radius 3 is 2.13 bits per heavy atom. The number of azide groups is 1. The number of hydrogen-bond donors (Lipinski definition) is 7. The van der Waals surface area contributed by atoms with Crippen molar-refractivity contribution in [3.05, 3.63) is 76.1 Å². The minimum absolute atomic E-state index is 0.127. The van der Waals surface area contributed by atoms with E-state index < -0.39 is 102 Å². The topological polar surface area (TPSA) is 366 Å². The van der Waals surface area contributed by atoms with Crippen molar-refractivity contribution in [2.45, 2.75) is 56.3 Å². The van der Waals surface area contributed by atoms with Crippen LogP contribution in [0, 0.1) is 6.92 Å². The van der Waals surface area contributed by atoms with Crippen LogP contribution in [0.5, 0.6) is 0 Å². The van der Waals surface area contributed by atoms with Gasteiger partial charge in [0.25, 0.3) is 11.1 Å². The van der Waals surface area contributed by atoms with Gasteiger partial charge in [-0.3, -0.25) is 37.7 Å². The highest BCUT2D eigenvalue weighted by Gasteiger charge is 2.47. The molecule has 4 rings (SSSR count). The van der Waals surface area contributed by atoms with Crippen molar-refractivity contribution in [1.29, 1.82) is 0 Å². The van der Waals surface area contributed by atoms with Crippen molar-refractivity contribution in [2.75, 3.05) is 13.2 Å². The van der Waals surface area contributed by atoms with E-state index in [4.69, 9.17) is 15.0 Å². The van der Waals surface area contributed by atoms with E-state index >= 15 is 0 Å². The molecule has 3 unspecified atom stereocenters. The first-order valence-corrected chi connectivity index (χ1v) is 17.3. The molecule has 2 saturated heterocycles. The Balaban J connectivity index is 1.34. The number of ether oxygens (including phenoxy) is 2. The molecule has 0 saturated carbocycles. The summed E-state index contributed by atoms with van der Waals surface area (Å²) in [6, 6.07) is -0.221. The van der Waals surface area contributed by atoms with E-state index in [1.54, 1.807) is 0 Å². The molecule has 0 bridgehead atoms. The molecule has 2 aliphatic heterocycles. The highest BCUT2D eigenvalue weighted by molar-refractivity contribution is 7.66. The lowest BCUT2D eigenvalue weighted by molar-refractivity contribution is -0.0542. The van der Waals surface area contributed by atoms with Crippen molar-refractivity contribution >= 4 is 23.5 Å². The minimum atomic E-state index is -5.97. The first kappa shape index (κ1) is 36.8. The molecule has 2 aromatic rings. The molecular weight excluding hydrogens is 707 g/mol. The van der Waals surface area contributed by atoms with Gasteiger partial charge < -0.3 is 34.4 Å². The molecule has 10 atom stereocenters. The molecule has 2 aromatic heterocycles. The molecule has 0 spiro atoms. The van der Waals surface area contributed by atoms with Crippen LogP contribution in [-0.4, -0.2) is 87.7 Å². The van der Waals surface area contributed by atoms with Gasteiger partial charge in [0.1, 0.15) is 24.5 Å². The second-order valence-corrected chi connectivity index (χ2v) is 14.5. The number of aryl methyl sites for hydroxylation is 1. The molecule has 0 aromatic carbocycles. The van der Waals surface area contributed by atoms with Crippen molar-refractivity contribution < 1.29 is 65.7 Å². The van der Waals surface area contributed by atoms with Crippen molar-refractivity contribution in [2.24, 2.45) is 5.11 Å². The summed E-state index contributed by atoms with van der Waals surface area (Å²) < 4.78 is 66.5. The number of H-pyrrole nitrogens is 2. The molecule has 4 heterocycles. The van der Waals surface area contributed by atoms with Crippen LogP contribution in [0.4, 0.5) is 0 Å². The molecule has 0 amide bonds. The van der Waals surface area contributed by atoms with Crippen LogP contribution < -0.4 is 22.5 Å². The number of aliphatic hydroxyl groups excluding tert-OH is 2. The van der Waals surface area contributed by atoms with Crippen LogP contribution in [0.25, 0.3) is 10.4 Å². The van der Waals surface area contributed by atoms with Crippen molar-refractivity contribution in [1.82, 2.24) is 19.1 Å². The maximum absolute atomic E-state index is 12.4. The molecule has 260 valence electrons. The smallest absolute Gasteiger partial charge is 0.387 e. The van der Waals surface area contributed by atoms with Gasteiger partial charge in [0.15, 0.2) is 6.23 Å². The summed E-state index contributed by atoms with van der Waals surface area (Å²) in [5.41, 5.74) is 5.62. The fraction of sp³-hybridized carbons (Fsp3) is 0.579. The van der Waals surface area contributed by atoms with Crippen LogP contribution in [-0.2, 0) is 40.8 Å². The normalized spacial score (nSPS) is 29.8. The summed E-state index contributed by atoms with van der Waals surface area (Å²) in [5, 5.41) is 23.9. The fourth-order valence-electron chi connectivity index (χ4n) is 4.41. The molecule has 25 nitrogen and oxygen atoms in total. The largest absolute Gasteiger partial charge is 0.490 e. The Morgan fingerprint density at radius 1 is 0.936 bits per heavy atom. The molecule has 7 N–H and O–H groups in total. The lowest BCUT2D eigenvalue weighted by atomic mass is 10.1. The number of nitrogens with zero attached hydrogens (tertiary/aromatic N) is 5. The SMILES string of the molecule is Cc1cn([C@@H]2C[C@H](N=[N+]=[N-])[C@@H](COP(=O)(O)OP(=O)(O)OP(=O)(O)OC[C@H]3O[C@@H](n4ccc(=O)[nH]c4=O)[C@H](O)[C@@H]3O)O2)c(=O)[nH]c1=O. The number of hydrogen-bond acceptors (Lipinski definition) is 16. The fourth-order valence-corrected chi connectivity index (χ4v) is 7.93. The van der Waals surface area contributed by atoms with Gasteiger partial charge in [0.05, 0.1) is 25.4 Å². The van der Waals surface area contributed by atoms with Gasteiger partial charge in [0.2, 0.25) is 0 Å².